The summed E-state index contributed by atoms with van der Waals surface area (Å²) in [4.78, 5) is 19.2. The van der Waals surface area contributed by atoms with Gasteiger partial charge < -0.3 is 19.9 Å². The van der Waals surface area contributed by atoms with Crippen molar-refractivity contribution in [3.05, 3.63) is 35.0 Å². The van der Waals surface area contributed by atoms with Crippen molar-refractivity contribution in [3.8, 4) is 0 Å². The van der Waals surface area contributed by atoms with Crippen LogP contribution in [0.4, 0.5) is 5.82 Å². The number of likely N-dealkylation sites (tertiary alicyclic amines) is 1. The number of rotatable bonds is 6. The molecule has 1 aliphatic carbocycles. The van der Waals surface area contributed by atoms with Gasteiger partial charge in [-0.15, -0.1) is 0 Å². The number of piperidine rings is 1. The van der Waals surface area contributed by atoms with E-state index < -0.39 is 6.10 Å². The number of nitrogens with zero attached hydrogens (tertiary/aromatic N) is 2. The Morgan fingerprint density at radius 2 is 2.12 bits per heavy atom. The van der Waals surface area contributed by atoms with Crippen LogP contribution in [0.15, 0.2) is 24.4 Å². The third-order valence-electron chi connectivity index (χ3n) is 7.58. The Morgan fingerprint density at radius 3 is 2.82 bits per heavy atom. The molecular formula is C25H32ClN3O4. The van der Waals surface area contributed by atoms with Crippen LogP contribution in [0.1, 0.15) is 44.6 Å². The summed E-state index contributed by atoms with van der Waals surface area (Å²) in [6, 6.07) is 6.04. The highest BCUT2D eigenvalue weighted by Gasteiger charge is 2.45. The van der Waals surface area contributed by atoms with Crippen LogP contribution in [-0.4, -0.2) is 71.6 Å². The van der Waals surface area contributed by atoms with E-state index in [0.29, 0.717) is 31.6 Å². The van der Waals surface area contributed by atoms with Gasteiger partial charge >= 0.3 is 0 Å². The lowest BCUT2D eigenvalue weighted by atomic mass is 9.85. The Hall–Kier alpha value is -1.77. The first-order valence-corrected chi connectivity index (χ1v) is 12.3. The van der Waals surface area contributed by atoms with E-state index >= 15 is 0 Å². The zero-order chi connectivity index (χ0) is 23.2. The summed E-state index contributed by atoms with van der Waals surface area (Å²) in [6.07, 6.45) is 4.07. The summed E-state index contributed by atoms with van der Waals surface area (Å²) in [5, 5.41) is 16.1. The van der Waals surface area contributed by atoms with Crippen molar-refractivity contribution in [3.63, 3.8) is 0 Å². The van der Waals surface area contributed by atoms with E-state index in [1.807, 2.05) is 19.1 Å². The highest BCUT2D eigenvalue weighted by molar-refractivity contribution is 6.32. The molecule has 0 spiro atoms. The smallest absolute Gasteiger partial charge is 0.231 e. The first-order chi connectivity index (χ1) is 15.9. The molecule has 3 aliphatic rings. The lowest BCUT2D eigenvalue weighted by molar-refractivity contribution is -0.118. The van der Waals surface area contributed by atoms with Crippen LogP contribution >= 0.6 is 11.6 Å². The Balaban J connectivity index is 1.29. The molecular weight excluding hydrogens is 442 g/mol. The van der Waals surface area contributed by atoms with Crippen LogP contribution in [0.3, 0.4) is 0 Å². The van der Waals surface area contributed by atoms with Gasteiger partial charge in [0.05, 0.1) is 36.9 Å². The Labute approximate surface area is 199 Å². The number of amides is 1. The van der Waals surface area contributed by atoms with Gasteiger partial charge in [-0.2, -0.15) is 0 Å². The molecule has 3 fully saturated rings. The predicted molar refractivity (Wildman–Crippen MR) is 128 cm³/mol. The molecule has 0 bridgehead atoms. The molecule has 2 N–H and O–H groups in total. The topological polar surface area (TPSA) is 83.9 Å². The lowest BCUT2D eigenvalue weighted by Crippen LogP contribution is -2.56. The number of hydrogen-bond donors (Lipinski definition) is 2. The molecule has 0 unspecified atom stereocenters. The summed E-state index contributed by atoms with van der Waals surface area (Å²) in [7, 11) is 0. The standard InChI is InChI=1S/C25H32ClN3O4/c1-3-33-21-11-19(21)24(31)28-23-10-16-8-18(20(26)9-17(16)12-27-23)15-4-6-29(7-5-15)25(2)14-32-13-22(25)30/h8-10,12,15,19,21-22,30H,3-7,11,13-14H2,1-2H3,(H,27,28,31)/t19-,21-,22+,25-/m0/s1. The summed E-state index contributed by atoms with van der Waals surface area (Å²) in [5.41, 5.74) is 0.832. The Morgan fingerprint density at radius 1 is 1.33 bits per heavy atom. The van der Waals surface area contributed by atoms with Gasteiger partial charge in [-0.1, -0.05) is 11.6 Å². The Bertz CT molecular complexity index is 1040. The molecule has 33 heavy (non-hydrogen) atoms. The van der Waals surface area contributed by atoms with E-state index in [4.69, 9.17) is 21.1 Å². The number of pyridine rings is 1. The van der Waals surface area contributed by atoms with Crippen LogP contribution in [0.5, 0.6) is 0 Å². The fourth-order valence-corrected chi connectivity index (χ4v) is 5.61. The van der Waals surface area contributed by atoms with Crippen LogP contribution in [0.25, 0.3) is 10.8 Å². The monoisotopic (exact) mass is 473 g/mol. The van der Waals surface area contributed by atoms with Crippen molar-refractivity contribution >= 4 is 34.1 Å². The summed E-state index contributed by atoms with van der Waals surface area (Å²) >= 11 is 6.69. The summed E-state index contributed by atoms with van der Waals surface area (Å²) < 4.78 is 11.0. The van der Waals surface area contributed by atoms with Gasteiger partial charge in [0.15, 0.2) is 0 Å². The minimum Gasteiger partial charge on any atom is -0.389 e. The second-order valence-electron chi connectivity index (χ2n) is 9.77. The van der Waals surface area contributed by atoms with E-state index in [2.05, 4.69) is 28.2 Å². The largest absolute Gasteiger partial charge is 0.389 e. The normalized spacial score (nSPS) is 30.6. The molecule has 7 nitrogen and oxygen atoms in total. The number of anilines is 1. The van der Waals surface area contributed by atoms with Crippen molar-refractivity contribution in [2.45, 2.75) is 56.8 Å². The third kappa shape index (κ3) is 4.49. The molecule has 2 aromatic rings. The maximum absolute atomic E-state index is 12.5. The zero-order valence-electron chi connectivity index (χ0n) is 19.2. The average Bonchev–Trinajstić information content (AvgIpc) is 3.50. The highest BCUT2D eigenvalue weighted by Crippen LogP contribution is 2.39. The fraction of sp³-hybridized carbons (Fsp3) is 0.600. The van der Waals surface area contributed by atoms with Crippen LogP contribution < -0.4 is 5.32 Å². The number of aromatic nitrogens is 1. The van der Waals surface area contributed by atoms with Gasteiger partial charge in [0.25, 0.3) is 0 Å². The van der Waals surface area contributed by atoms with Crippen molar-refractivity contribution in [1.82, 2.24) is 9.88 Å². The van der Waals surface area contributed by atoms with E-state index in [-0.39, 0.29) is 23.5 Å². The highest BCUT2D eigenvalue weighted by atomic mass is 35.5. The van der Waals surface area contributed by atoms with Gasteiger partial charge in [0, 0.05) is 23.2 Å². The number of carbonyl (C=O) groups excluding carboxylic acids is 1. The van der Waals surface area contributed by atoms with Gasteiger partial charge in [-0.05, 0) is 81.3 Å². The number of aliphatic hydroxyl groups is 1. The van der Waals surface area contributed by atoms with Crippen LogP contribution in [-0.2, 0) is 14.3 Å². The van der Waals surface area contributed by atoms with E-state index in [1.165, 1.54) is 0 Å². The predicted octanol–water partition coefficient (Wildman–Crippen LogP) is 3.58. The fourth-order valence-electron chi connectivity index (χ4n) is 5.29. The number of fused-ring (bicyclic) bond motifs is 1. The van der Waals surface area contributed by atoms with Gasteiger partial charge in [-0.3, -0.25) is 9.69 Å². The first kappa shape index (κ1) is 23.0. The molecule has 2 aliphatic heterocycles. The minimum absolute atomic E-state index is 0.0332. The molecule has 1 amide bonds. The van der Waals surface area contributed by atoms with E-state index in [0.717, 1.165) is 53.7 Å². The number of nitrogens with one attached hydrogen (secondary N) is 1. The van der Waals surface area contributed by atoms with Gasteiger partial charge in [-0.25, -0.2) is 4.98 Å². The molecule has 1 aromatic heterocycles. The Kier molecular flexibility index (Phi) is 6.35. The summed E-state index contributed by atoms with van der Waals surface area (Å²) in [6.45, 7) is 7.44. The molecule has 3 heterocycles. The SMILES string of the molecule is CCO[C@H]1C[C@@H]1C(=O)Nc1cc2cc(C3CCN([C@@]4(C)COC[C@H]4O)CC3)c(Cl)cc2cn1. The van der Waals surface area contributed by atoms with E-state index in [1.54, 1.807) is 6.20 Å². The van der Waals surface area contributed by atoms with Gasteiger partial charge in [0.2, 0.25) is 5.91 Å². The molecule has 8 heteroatoms. The first-order valence-electron chi connectivity index (χ1n) is 11.9. The van der Waals surface area contributed by atoms with Gasteiger partial charge in [0.1, 0.15) is 5.82 Å². The second-order valence-corrected chi connectivity index (χ2v) is 10.2. The summed E-state index contributed by atoms with van der Waals surface area (Å²) in [5.74, 6) is 0.791. The molecule has 4 atom stereocenters. The average molecular weight is 474 g/mol. The van der Waals surface area contributed by atoms with Crippen LogP contribution in [0, 0.1) is 5.92 Å². The number of halogens is 1. The molecule has 1 aromatic carbocycles. The van der Waals surface area contributed by atoms with Crippen molar-refractivity contribution in [2.75, 3.05) is 38.2 Å². The molecule has 1 saturated carbocycles. The molecule has 2 saturated heterocycles. The maximum atomic E-state index is 12.5. The molecule has 5 rings (SSSR count). The van der Waals surface area contributed by atoms with Crippen molar-refractivity contribution in [2.24, 2.45) is 5.92 Å². The number of hydrogen-bond acceptors (Lipinski definition) is 6. The number of carbonyl (C=O) groups is 1. The molecule has 178 valence electrons. The lowest BCUT2D eigenvalue weighted by Gasteiger charge is -2.43. The third-order valence-corrected chi connectivity index (χ3v) is 7.91. The van der Waals surface area contributed by atoms with Crippen molar-refractivity contribution in [1.29, 1.82) is 0 Å². The maximum Gasteiger partial charge on any atom is 0.231 e. The number of benzene rings is 1. The number of ether oxygens (including phenoxy) is 2. The van der Waals surface area contributed by atoms with E-state index in [9.17, 15) is 9.90 Å². The van der Waals surface area contributed by atoms with Crippen LogP contribution in [0.2, 0.25) is 5.02 Å². The quantitative estimate of drug-likeness (QED) is 0.667. The zero-order valence-corrected chi connectivity index (χ0v) is 20.0. The number of aliphatic hydroxyl groups excluding tert-OH is 1. The molecule has 0 radical (unpaired) electrons. The second kappa shape index (κ2) is 9.12. The van der Waals surface area contributed by atoms with Crippen molar-refractivity contribution < 1.29 is 19.4 Å². The minimum atomic E-state index is -0.445.